The number of methoxy groups -OCH3 is 1. The Morgan fingerprint density at radius 1 is 1.00 bits per heavy atom. The summed E-state index contributed by atoms with van der Waals surface area (Å²) in [7, 11) is 1.50. The first-order valence-electron chi connectivity index (χ1n) is 11.7. The number of amides is 3. The lowest BCUT2D eigenvalue weighted by atomic mass is 9.81. The highest BCUT2D eigenvalue weighted by molar-refractivity contribution is 6.31. The molecule has 2 saturated heterocycles. The Morgan fingerprint density at radius 3 is 2.40 bits per heavy atom. The minimum Gasteiger partial charge on any atom is -0.495 e. The summed E-state index contributed by atoms with van der Waals surface area (Å²) in [6, 6.07) is 11.4. The molecule has 0 N–H and O–H groups in total. The van der Waals surface area contributed by atoms with Crippen LogP contribution in [0.5, 0.6) is 11.5 Å². The third-order valence-corrected chi connectivity index (χ3v) is 7.26. The van der Waals surface area contributed by atoms with E-state index in [0.717, 1.165) is 25.7 Å². The van der Waals surface area contributed by atoms with Crippen LogP contribution in [0.2, 0.25) is 5.02 Å². The standard InChI is InChI=1S/C26H25ClN2O6/c1-34-22-10-9-16(27)12-21(22)28-14-15(11-23(28)30)26(33)35-18-6-4-5-17(13-18)29-24(31)19-7-2-3-8-20(19)25(29)32/h4-6,9-10,12-13,15,19-20H,2-3,7-8,11,14H2,1H3/t15-,19-,20+/m1/s1. The molecule has 1 saturated carbocycles. The number of hydrogen-bond donors (Lipinski definition) is 0. The molecule has 2 aromatic carbocycles. The molecule has 0 radical (unpaired) electrons. The summed E-state index contributed by atoms with van der Waals surface area (Å²) in [5.41, 5.74) is 0.891. The van der Waals surface area contributed by atoms with Gasteiger partial charge in [0.05, 0.1) is 36.2 Å². The van der Waals surface area contributed by atoms with E-state index in [2.05, 4.69) is 0 Å². The van der Waals surface area contributed by atoms with Gasteiger partial charge >= 0.3 is 5.97 Å². The molecule has 1 aliphatic carbocycles. The van der Waals surface area contributed by atoms with Crippen LogP contribution in [0.3, 0.4) is 0 Å². The van der Waals surface area contributed by atoms with Gasteiger partial charge in [0.2, 0.25) is 17.7 Å². The number of halogens is 1. The average Bonchev–Trinajstić information content (AvgIpc) is 3.37. The molecule has 0 unspecified atom stereocenters. The van der Waals surface area contributed by atoms with Gasteiger partial charge in [-0.2, -0.15) is 0 Å². The summed E-state index contributed by atoms with van der Waals surface area (Å²) in [4.78, 5) is 54.1. The van der Waals surface area contributed by atoms with E-state index in [1.54, 1.807) is 36.4 Å². The van der Waals surface area contributed by atoms with Gasteiger partial charge in [-0.1, -0.05) is 30.5 Å². The maximum atomic E-state index is 12.9. The lowest BCUT2D eigenvalue weighted by Crippen LogP contribution is -2.31. The van der Waals surface area contributed by atoms with E-state index in [0.29, 0.717) is 22.1 Å². The molecular weight excluding hydrogens is 472 g/mol. The highest BCUT2D eigenvalue weighted by atomic mass is 35.5. The Balaban J connectivity index is 1.30. The summed E-state index contributed by atoms with van der Waals surface area (Å²) >= 11 is 6.10. The van der Waals surface area contributed by atoms with Crippen molar-refractivity contribution in [1.29, 1.82) is 0 Å². The number of esters is 1. The van der Waals surface area contributed by atoms with E-state index >= 15 is 0 Å². The monoisotopic (exact) mass is 496 g/mol. The molecule has 0 bridgehead atoms. The van der Waals surface area contributed by atoms with Crippen LogP contribution in [0, 0.1) is 17.8 Å². The number of rotatable bonds is 5. The van der Waals surface area contributed by atoms with Crippen molar-refractivity contribution < 1.29 is 28.7 Å². The Hall–Kier alpha value is -3.39. The molecule has 3 fully saturated rings. The number of imide groups is 1. The summed E-state index contributed by atoms with van der Waals surface area (Å²) in [5.74, 6) is -1.69. The van der Waals surface area contributed by atoms with Crippen molar-refractivity contribution in [3.63, 3.8) is 0 Å². The molecule has 0 aromatic heterocycles. The van der Waals surface area contributed by atoms with E-state index in [-0.39, 0.29) is 48.3 Å². The molecule has 2 aliphatic heterocycles. The van der Waals surface area contributed by atoms with Crippen molar-refractivity contribution >= 4 is 46.7 Å². The van der Waals surface area contributed by atoms with Crippen LogP contribution in [0.15, 0.2) is 42.5 Å². The van der Waals surface area contributed by atoms with Gasteiger partial charge in [0.15, 0.2) is 0 Å². The number of anilines is 2. The minimum absolute atomic E-state index is 0.0132. The van der Waals surface area contributed by atoms with Gasteiger partial charge in [0, 0.05) is 24.1 Å². The van der Waals surface area contributed by atoms with Crippen molar-refractivity contribution in [2.75, 3.05) is 23.5 Å². The van der Waals surface area contributed by atoms with Gasteiger partial charge in [0.1, 0.15) is 11.5 Å². The summed E-state index contributed by atoms with van der Waals surface area (Å²) < 4.78 is 10.9. The summed E-state index contributed by atoms with van der Waals surface area (Å²) in [5, 5.41) is 0.447. The zero-order valence-electron chi connectivity index (χ0n) is 19.2. The van der Waals surface area contributed by atoms with Crippen LogP contribution in [0.1, 0.15) is 32.1 Å². The molecule has 2 heterocycles. The first-order valence-corrected chi connectivity index (χ1v) is 12.1. The molecule has 9 heteroatoms. The molecule has 5 rings (SSSR count). The zero-order chi connectivity index (χ0) is 24.7. The highest BCUT2D eigenvalue weighted by Crippen LogP contribution is 2.41. The van der Waals surface area contributed by atoms with Crippen molar-refractivity contribution in [3.8, 4) is 11.5 Å². The molecule has 2 aromatic rings. The SMILES string of the molecule is COc1ccc(Cl)cc1N1C[C@H](C(=O)Oc2cccc(N3C(=O)[C@H]4CCCC[C@H]4C3=O)c2)CC1=O. The van der Waals surface area contributed by atoms with Crippen LogP contribution in [-0.4, -0.2) is 37.3 Å². The normalized spacial score (nSPS) is 24.1. The fourth-order valence-electron chi connectivity index (χ4n) is 5.27. The summed E-state index contributed by atoms with van der Waals surface area (Å²) in [6.07, 6.45) is 3.34. The quantitative estimate of drug-likeness (QED) is 0.353. The van der Waals surface area contributed by atoms with Gasteiger partial charge in [-0.25, -0.2) is 4.90 Å². The maximum Gasteiger partial charge on any atom is 0.316 e. The van der Waals surface area contributed by atoms with Crippen LogP contribution >= 0.6 is 11.6 Å². The van der Waals surface area contributed by atoms with E-state index in [1.165, 1.54) is 23.0 Å². The number of fused-ring (bicyclic) bond motifs is 1. The van der Waals surface area contributed by atoms with Gasteiger partial charge in [-0.3, -0.25) is 19.2 Å². The van der Waals surface area contributed by atoms with Crippen molar-refractivity contribution in [2.45, 2.75) is 32.1 Å². The second-order valence-electron chi connectivity index (χ2n) is 9.15. The predicted molar refractivity (Wildman–Crippen MR) is 128 cm³/mol. The predicted octanol–water partition coefficient (Wildman–Crippen LogP) is 3.99. The number of ether oxygens (including phenoxy) is 2. The van der Waals surface area contributed by atoms with Crippen molar-refractivity contribution in [1.82, 2.24) is 0 Å². The maximum absolute atomic E-state index is 12.9. The second kappa shape index (κ2) is 9.34. The Bertz CT molecular complexity index is 1190. The fourth-order valence-corrected chi connectivity index (χ4v) is 5.44. The van der Waals surface area contributed by atoms with Gasteiger partial charge < -0.3 is 14.4 Å². The first kappa shape index (κ1) is 23.4. The topological polar surface area (TPSA) is 93.2 Å². The minimum atomic E-state index is -0.687. The lowest BCUT2D eigenvalue weighted by molar-refractivity contribution is -0.139. The smallest absolute Gasteiger partial charge is 0.316 e. The second-order valence-corrected chi connectivity index (χ2v) is 9.59. The highest BCUT2D eigenvalue weighted by Gasteiger charge is 2.48. The molecule has 3 aliphatic rings. The largest absolute Gasteiger partial charge is 0.495 e. The van der Waals surface area contributed by atoms with E-state index in [9.17, 15) is 19.2 Å². The number of hydrogen-bond acceptors (Lipinski definition) is 6. The Kier molecular flexibility index (Phi) is 6.23. The zero-order valence-corrected chi connectivity index (χ0v) is 20.0. The van der Waals surface area contributed by atoms with E-state index in [1.807, 2.05) is 0 Å². The molecule has 8 nitrogen and oxygen atoms in total. The Morgan fingerprint density at radius 2 is 1.71 bits per heavy atom. The Labute approximate surface area is 207 Å². The van der Waals surface area contributed by atoms with Crippen LogP contribution in [0.4, 0.5) is 11.4 Å². The van der Waals surface area contributed by atoms with E-state index in [4.69, 9.17) is 21.1 Å². The van der Waals surface area contributed by atoms with Crippen LogP contribution in [0.25, 0.3) is 0 Å². The van der Waals surface area contributed by atoms with Crippen LogP contribution < -0.4 is 19.3 Å². The van der Waals surface area contributed by atoms with Crippen LogP contribution in [-0.2, 0) is 19.2 Å². The van der Waals surface area contributed by atoms with Gasteiger partial charge in [0.25, 0.3) is 0 Å². The molecule has 3 atom stereocenters. The average molecular weight is 497 g/mol. The molecular formula is C26H25ClN2O6. The number of nitrogens with zero attached hydrogens (tertiary/aromatic N) is 2. The molecule has 0 spiro atoms. The van der Waals surface area contributed by atoms with Gasteiger partial charge in [-0.05, 0) is 43.2 Å². The number of carbonyl (C=O) groups excluding carboxylic acids is 4. The van der Waals surface area contributed by atoms with Gasteiger partial charge in [-0.15, -0.1) is 0 Å². The molecule has 3 amide bonds. The number of benzene rings is 2. The fraction of sp³-hybridized carbons (Fsp3) is 0.385. The first-order chi connectivity index (χ1) is 16.9. The lowest BCUT2D eigenvalue weighted by Gasteiger charge is -2.20. The van der Waals surface area contributed by atoms with Crippen molar-refractivity contribution in [3.05, 3.63) is 47.5 Å². The van der Waals surface area contributed by atoms with Crippen molar-refractivity contribution in [2.24, 2.45) is 17.8 Å². The number of carbonyl (C=O) groups is 4. The molecule has 182 valence electrons. The third kappa shape index (κ3) is 4.27. The third-order valence-electron chi connectivity index (χ3n) is 7.03. The summed E-state index contributed by atoms with van der Waals surface area (Å²) in [6.45, 7) is 0.126. The molecule has 35 heavy (non-hydrogen) atoms. The van der Waals surface area contributed by atoms with E-state index < -0.39 is 11.9 Å².